The van der Waals surface area contributed by atoms with Gasteiger partial charge in [0.2, 0.25) is 10.0 Å². The SMILES string of the molecule is CC(=O)c1ccc(N(CC(C)C)S(=O)(=O)Cc2ccccc2)cc1. The van der Waals surface area contributed by atoms with Crippen molar-refractivity contribution in [2.45, 2.75) is 26.5 Å². The Kier molecular flexibility index (Phi) is 5.78. The summed E-state index contributed by atoms with van der Waals surface area (Å²) in [5.74, 6) is 0.0989. The molecule has 0 aromatic heterocycles. The maximum absolute atomic E-state index is 12.9. The van der Waals surface area contributed by atoms with Gasteiger partial charge in [-0.25, -0.2) is 8.42 Å². The number of benzene rings is 2. The molecule has 0 spiro atoms. The molecule has 0 radical (unpaired) electrons. The van der Waals surface area contributed by atoms with Crippen LogP contribution in [-0.2, 0) is 15.8 Å². The second-order valence-corrected chi connectivity index (χ2v) is 8.16. The van der Waals surface area contributed by atoms with Gasteiger partial charge in [-0.3, -0.25) is 9.10 Å². The van der Waals surface area contributed by atoms with Crippen LogP contribution in [0.1, 0.15) is 36.7 Å². The van der Waals surface area contributed by atoms with Crippen LogP contribution in [-0.4, -0.2) is 20.7 Å². The summed E-state index contributed by atoms with van der Waals surface area (Å²) in [6.45, 7) is 5.85. The number of hydrogen-bond acceptors (Lipinski definition) is 3. The van der Waals surface area contributed by atoms with Gasteiger partial charge in [-0.1, -0.05) is 44.2 Å². The van der Waals surface area contributed by atoms with E-state index >= 15 is 0 Å². The van der Waals surface area contributed by atoms with Gasteiger partial charge >= 0.3 is 0 Å². The quantitative estimate of drug-likeness (QED) is 0.716. The fraction of sp³-hybridized carbons (Fsp3) is 0.316. The van der Waals surface area contributed by atoms with Crippen molar-refractivity contribution in [3.8, 4) is 0 Å². The zero-order chi connectivity index (χ0) is 17.7. The van der Waals surface area contributed by atoms with Gasteiger partial charge in [0, 0.05) is 12.1 Å². The van der Waals surface area contributed by atoms with Crippen LogP contribution in [0, 0.1) is 5.92 Å². The molecule has 0 aliphatic carbocycles. The number of carbonyl (C=O) groups is 1. The Hall–Kier alpha value is -2.14. The summed E-state index contributed by atoms with van der Waals surface area (Å²) < 4.78 is 27.3. The Labute approximate surface area is 144 Å². The molecule has 0 atom stereocenters. The predicted octanol–water partition coefficient (Wildman–Crippen LogP) is 3.88. The highest BCUT2D eigenvalue weighted by molar-refractivity contribution is 7.92. The number of rotatable bonds is 7. The average Bonchev–Trinajstić information content (AvgIpc) is 2.53. The van der Waals surface area contributed by atoms with Crippen molar-refractivity contribution in [2.75, 3.05) is 10.8 Å². The molecule has 2 rings (SSSR count). The monoisotopic (exact) mass is 345 g/mol. The third-order valence-corrected chi connectivity index (χ3v) is 5.35. The molecule has 4 nitrogen and oxygen atoms in total. The number of hydrogen-bond donors (Lipinski definition) is 0. The fourth-order valence-electron chi connectivity index (χ4n) is 2.44. The maximum atomic E-state index is 12.9. The van der Waals surface area contributed by atoms with Crippen LogP contribution in [0.25, 0.3) is 0 Å². The third kappa shape index (κ3) is 4.68. The van der Waals surface area contributed by atoms with E-state index < -0.39 is 10.0 Å². The number of carbonyl (C=O) groups excluding carboxylic acids is 1. The highest BCUT2D eigenvalue weighted by atomic mass is 32.2. The lowest BCUT2D eigenvalue weighted by Crippen LogP contribution is -2.35. The van der Waals surface area contributed by atoms with Crippen LogP contribution in [0.5, 0.6) is 0 Å². The minimum atomic E-state index is -3.51. The van der Waals surface area contributed by atoms with Crippen LogP contribution in [0.3, 0.4) is 0 Å². The van der Waals surface area contributed by atoms with E-state index in [0.717, 1.165) is 5.56 Å². The first kappa shape index (κ1) is 18.2. The molecule has 0 saturated carbocycles. The number of anilines is 1. The van der Waals surface area contributed by atoms with E-state index in [9.17, 15) is 13.2 Å². The Bertz CT molecular complexity index is 781. The van der Waals surface area contributed by atoms with Crippen molar-refractivity contribution in [3.05, 3.63) is 65.7 Å². The Morgan fingerprint density at radius 1 is 1.00 bits per heavy atom. The molecule has 0 bridgehead atoms. The lowest BCUT2D eigenvalue weighted by Gasteiger charge is -2.26. The molecule has 0 aliphatic rings. The fourth-order valence-corrected chi connectivity index (χ4v) is 4.17. The van der Waals surface area contributed by atoms with Gasteiger partial charge in [-0.2, -0.15) is 0 Å². The molecule has 2 aromatic carbocycles. The van der Waals surface area contributed by atoms with Crippen molar-refractivity contribution >= 4 is 21.5 Å². The van der Waals surface area contributed by atoms with E-state index in [1.165, 1.54) is 11.2 Å². The van der Waals surface area contributed by atoms with E-state index in [2.05, 4.69) is 0 Å². The molecular weight excluding hydrogens is 322 g/mol. The zero-order valence-corrected chi connectivity index (χ0v) is 15.1. The maximum Gasteiger partial charge on any atom is 0.239 e. The van der Waals surface area contributed by atoms with Crippen molar-refractivity contribution in [2.24, 2.45) is 5.92 Å². The summed E-state index contributed by atoms with van der Waals surface area (Å²) in [7, 11) is -3.51. The van der Waals surface area contributed by atoms with Crippen LogP contribution in [0.15, 0.2) is 54.6 Å². The Morgan fingerprint density at radius 3 is 2.08 bits per heavy atom. The van der Waals surface area contributed by atoms with Gasteiger partial charge in [-0.15, -0.1) is 0 Å². The standard InChI is InChI=1S/C19H23NO3S/c1-15(2)13-20(19-11-9-18(10-12-19)16(3)21)24(22,23)14-17-7-5-4-6-8-17/h4-12,15H,13-14H2,1-3H3. The van der Waals surface area contributed by atoms with E-state index in [1.807, 2.05) is 44.2 Å². The molecule has 128 valence electrons. The normalized spacial score (nSPS) is 11.5. The first-order valence-corrected chi connectivity index (χ1v) is 9.56. The van der Waals surface area contributed by atoms with Crippen molar-refractivity contribution < 1.29 is 13.2 Å². The van der Waals surface area contributed by atoms with Gasteiger partial charge in [0.1, 0.15) is 0 Å². The summed E-state index contributed by atoms with van der Waals surface area (Å²) in [5, 5.41) is 0. The Balaban J connectivity index is 2.34. The summed E-state index contributed by atoms with van der Waals surface area (Å²) in [6.07, 6.45) is 0. The zero-order valence-electron chi connectivity index (χ0n) is 14.3. The average molecular weight is 345 g/mol. The summed E-state index contributed by atoms with van der Waals surface area (Å²) >= 11 is 0. The van der Waals surface area contributed by atoms with Crippen LogP contribution in [0.4, 0.5) is 5.69 Å². The molecule has 0 heterocycles. The number of nitrogens with zero attached hydrogens (tertiary/aromatic N) is 1. The van der Waals surface area contributed by atoms with Gasteiger partial charge in [0.25, 0.3) is 0 Å². The van der Waals surface area contributed by atoms with Crippen molar-refractivity contribution in [3.63, 3.8) is 0 Å². The highest BCUT2D eigenvalue weighted by Gasteiger charge is 2.24. The summed E-state index contributed by atoms with van der Waals surface area (Å²) in [6, 6.07) is 15.9. The molecule has 24 heavy (non-hydrogen) atoms. The second-order valence-electron chi connectivity index (χ2n) is 6.27. The first-order chi connectivity index (χ1) is 11.3. The molecule has 0 aliphatic heterocycles. The summed E-state index contributed by atoms with van der Waals surface area (Å²) in [4.78, 5) is 11.4. The molecule has 5 heteroatoms. The predicted molar refractivity (Wildman–Crippen MR) is 97.7 cm³/mol. The molecule has 0 amide bonds. The molecule has 0 N–H and O–H groups in total. The minimum Gasteiger partial charge on any atom is -0.295 e. The smallest absolute Gasteiger partial charge is 0.239 e. The van der Waals surface area contributed by atoms with E-state index in [1.54, 1.807) is 24.3 Å². The number of ketones is 1. The molecule has 0 unspecified atom stereocenters. The molecule has 0 saturated heterocycles. The van der Waals surface area contributed by atoms with Crippen LogP contribution in [0.2, 0.25) is 0 Å². The van der Waals surface area contributed by atoms with Gasteiger partial charge in [0.15, 0.2) is 5.78 Å². The minimum absolute atomic E-state index is 0.0379. The lowest BCUT2D eigenvalue weighted by molar-refractivity contribution is 0.101. The third-order valence-electron chi connectivity index (χ3n) is 3.62. The van der Waals surface area contributed by atoms with Crippen molar-refractivity contribution in [1.82, 2.24) is 0 Å². The highest BCUT2D eigenvalue weighted by Crippen LogP contribution is 2.23. The van der Waals surface area contributed by atoms with E-state index in [0.29, 0.717) is 17.8 Å². The van der Waals surface area contributed by atoms with Gasteiger partial charge in [0.05, 0.1) is 11.4 Å². The van der Waals surface area contributed by atoms with Gasteiger partial charge in [-0.05, 0) is 42.7 Å². The van der Waals surface area contributed by atoms with Crippen LogP contribution >= 0.6 is 0 Å². The molecular formula is C19H23NO3S. The van der Waals surface area contributed by atoms with E-state index in [-0.39, 0.29) is 17.5 Å². The topological polar surface area (TPSA) is 54.5 Å². The van der Waals surface area contributed by atoms with Gasteiger partial charge < -0.3 is 0 Å². The Morgan fingerprint density at radius 2 is 1.58 bits per heavy atom. The lowest BCUT2D eigenvalue weighted by atomic mass is 10.1. The number of Topliss-reactive ketones (excluding diaryl/α,β-unsaturated/α-hetero) is 1. The molecule has 0 fully saturated rings. The largest absolute Gasteiger partial charge is 0.295 e. The number of sulfonamides is 1. The first-order valence-electron chi connectivity index (χ1n) is 7.95. The van der Waals surface area contributed by atoms with Crippen molar-refractivity contribution in [1.29, 1.82) is 0 Å². The van der Waals surface area contributed by atoms with Crippen LogP contribution < -0.4 is 4.31 Å². The summed E-state index contributed by atoms with van der Waals surface area (Å²) in [5.41, 5.74) is 1.92. The van der Waals surface area contributed by atoms with E-state index in [4.69, 9.17) is 0 Å². The molecule has 2 aromatic rings. The second kappa shape index (κ2) is 7.62.